The third kappa shape index (κ3) is 1.76. The number of methoxy groups -OCH3 is 1. The average molecular weight is 207 g/mol. The van der Waals surface area contributed by atoms with E-state index in [1.165, 1.54) is 0 Å². The lowest BCUT2D eigenvalue weighted by molar-refractivity contribution is 0.171. The number of fused-ring (bicyclic) bond motifs is 1. The summed E-state index contributed by atoms with van der Waals surface area (Å²) in [5.74, 6) is 2.07. The van der Waals surface area contributed by atoms with Crippen molar-refractivity contribution in [2.24, 2.45) is 5.73 Å². The Kier molecular flexibility index (Phi) is 2.78. The third-order valence-corrected chi connectivity index (χ3v) is 2.16. The van der Waals surface area contributed by atoms with Crippen LogP contribution in [0.5, 0.6) is 17.2 Å². The molecule has 0 saturated carbocycles. The monoisotopic (exact) mass is 207 g/mol. The van der Waals surface area contributed by atoms with E-state index in [1.54, 1.807) is 7.11 Å². The summed E-state index contributed by atoms with van der Waals surface area (Å²) < 4.78 is 15.9. The van der Waals surface area contributed by atoms with E-state index in [0.717, 1.165) is 11.3 Å². The number of hydrogen-bond acceptors (Lipinski definition) is 4. The molecular weight excluding hydrogens is 194 g/mol. The lowest BCUT2D eigenvalue weighted by Crippen LogP contribution is -1.95. The molecule has 1 aliphatic rings. The van der Waals surface area contributed by atoms with Crippen LogP contribution in [0.1, 0.15) is 5.56 Å². The second-order valence-electron chi connectivity index (χ2n) is 3.06. The van der Waals surface area contributed by atoms with E-state index in [-0.39, 0.29) is 6.79 Å². The Labute approximate surface area is 88.2 Å². The normalized spacial score (nSPS) is 13.5. The van der Waals surface area contributed by atoms with E-state index in [4.69, 9.17) is 19.9 Å². The summed E-state index contributed by atoms with van der Waals surface area (Å²) in [6, 6.07) is 3.78. The molecule has 0 bridgehead atoms. The molecule has 0 fully saturated rings. The van der Waals surface area contributed by atoms with E-state index < -0.39 is 0 Å². The van der Waals surface area contributed by atoms with Crippen molar-refractivity contribution in [3.05, 3.63) is 23.8 Å². The quantitative estimate of drug-likeness (QED) is 0.813. The third-order valence-electron chi connectivity index (χ3n) is 2.16. The average Bonchev–Trinajstić information content (AvgIpc) is 2.73. The molecule has 0 radical (unpaired) electrons. The van der Waals surface area contributed by atoms with Crippen LogP contribution >= 0.6 is 0 Å². The predicted molar refractivity (Wildman–Crippen MR) is 57.2 cm³/mol. The maximum atomic E-state index is 5.40. The highest BCUT2D eigenvalue weighted by Crippen LogP contribution is 2.43. The van der Waals surface area contributed by atoms with Crippen LogP contribution in [-0.4, -0.2) is 20.4 Å². The van der Waals surface area contributed by atoms with Crippen molar-refractivity contribution in [1.29, 1.82) is 0 Å². The van der Waals surface area contributed by atoms with Crippen LogP contribution in [0.3, 0.4) is 0 Å². The van der Waals surface area contributed by atoms with Crippen LogP contribution in [0.2, 0.25) is 0 Å². The lowest BCUT2D eigenvalue weighted by atomic mass is 10.1. The molecule has 0 amide bonds. The molecule has 0 saturated heterocycles. The molecule has 2 rings (SSSR count). The van der Waals surface area contributed by atoms with Gasteiger partial charge in [0.15, 0.2) is 11.5 Å². The molecule has 4 nitrogen and oxygen atoms in total. The Morgan fingerprint density at radius 2 is 2.33 bits per heavy atom. The molecule has 2 N–H and O–H groups in total. The number of rotatable bonds is 3. The van der Waals surface area contributed by atoms with E-state index in [2.05, 4.69) is 0 Å². The minimum Gasteiger partial charge on any atom is -0.492 e. The van der Waals surface area contributed by atoms with Crippen LogP contribution in [0, 0.1) is 0 Å². The topological polar surface area (TPSA) is 53.7 Å². The molecular formula is C11H13NO3. The van der Waals surface area contributed by atoms with Crippen LogP contribution in [-0.2, 0) is 0 Å². The van der Waals surface area contributed by atoms with Gasteiger partial charge in [0.25, 0.3) is 0 Å². The molecule has 0 spiro atoms. The van der Waals surface area contributed by atoms with E-state index in [0.29, 0.717) is 18.0 Å². The molecule has 1 aromatic carbocycles. The van der Waals surface area contributed by atoms with Gasteiger partial charge in [-0.25, -0.2) is 0 Å². The van der Waals surface area contributed by atoms with Gasteiger partial charge in [0.2, 0.25) is 12.5 Å². The lowest BCUT2D eigenvalue weighted by Gasteiger charge is -2.07. The molecule has 0 aliphatic carbocycles. The Balaban J connectivity index is 2.43. The Morgan fingerprint density at radius 1 is 1.47 bits per heavy atom. The fourth-order valence-corrected chi connectivity index (χ4v) is 1.50. The van der Waals surface area contributed by atoms with Crippen molar-refractivity contribution in [2.45, 2.75) is 0 Å². The summed E-state index contributed by atoms with van der Waals surface area (Å²) in [6.07, 6.45) is 3.76. The van der Waals surface area contributed by atoms with Crippen LogP contribution in [0.25, 0.3) is 6.08 Å². The second-order valence-corrected chi connectivity index (χ2v) is 3.06. The number of ether oxygens (including phenoxy) is 3. The van der Waals surface area contributed by atoms with Gasteiger partial charge < -0.3 is 19.9 Å². The standard InChI is InChI=1S/C11H13NO3/c1-13-10-8(3-2-6-12)4-5-9-11(10)15-7-14-9/h2-5H,6-7,12H2,1H3/b3-2+. The molecule has 0 unspecified atom stereocenters. The van der Waals surface area contributed by atoms with Crippen LogP contribution < -0.4 is 19.9 Å². The maximum absolute atomic E-state index is 5.40. The predicted octanol–water partition coefficient (Wildman–Crippen LogP) is 1.40. The zero-order valence-corrected chi connectivity index (χ0v) is 8.53. The zero-order valence-electron chi connectivity index (χ0n) is 8.53. The smallest absolute Gasteiger partial charge is 0.231 e. The van der Waals surface area contributed by atoms with Gasteiger partial charge in [0.1, 0.15) is 0 Å². The van der Waals surface area contributed by atoms with E-state index >= 15 is 0 Å². The number of hydrogen-bond donors (Lipinski definition) is 1. The van der Waals surface area contributed by atoms with Gasteiger partial charge in [-0.2, -0.15) is 0 Å². The van der Waals surface area contributed by atoms with Crippen LogP contribution in [0.15, 0.2) is 18.2 Å². The van der Waals surface area contributed by atoms with Crippen molar-refractivity contribution in [1.82, 2.24) is 0 Å². The highest BCUT2D eigenvalue weighted by Gasteiger charge is 2.20. The molecule has 4 heteroatoms. The van der Waals surface area contributed by atoms with Gasteiger partial charge in [-0.1, -0.05) is 12.2 Å². The highest BCUT2D eigenvalue weighted by atomic mass is 16.7. The molecule has 0 atom stereocenters. The van der Waals surface area contributed by atoms with Crippen molar-refractivity contribution in [2.75, 3.05) is 20.4 Å². The van der Waals surface area contributed by atoms with Crippen LogP contribution in [0.4, 0.5) is 0 Å². The van der Waals surface area contributed by atoms with Gasteiger partial charge >= 0.3 is 0 Å². The maximum Gasteiger partial charge on any atom is 0.231 e. The highest BCUT2D eigenvalue weighted by molar-refractivity contribution is 5.67. The van der Waals surface area contributed by atoms with Gasteiger partial charge in [-0.15, -0.1) is 0 Å². The summed E-state index contributed by atoms with van der Waals surface area (Å²) in [5, 5.41) is 0. The number of nitrogens with two attached hydrogens (primary N) is 1. The van der Waals surface area contributed by atoms with Gasteiger partial charge in [-0.05, 0) is 12.1 Å². The Morgan fingerprint density at radius 3 is 3.07 bits per heavy atom. The van der Waals surface area contributed by atoms with E-state index in [1.807, 2.05) is 24.3 Å². The first-order chi connectivity index (χ1) is 7.36. The largest absolute Gasteiger partial charge is 0.492 e. The van der Waals surface area contributed by atoms with Gasteiger partial charge in [0, 0.05) is 12.1 Å². The SMILES string of the molecule is COc1c(/C=C/CN)ccc2c1OCO2. The van der Waals surface area contributed by atoms with Gasteiger partial charge in [0.05, 0.1) is 7.11 Å². The zero-order chi connectivity index (χ0) is 10.7. The summed E-state index contributed by atoms with van der Waals surface area (Å²) >= 11 is 0. The van der Waals surface area contributed by atoms with Crippen molar-refractivity contribution >= 4 is 6.08 Å². The van der Waals surface area contributed by atoms with Crippen molar-refractivity contribution in [3.63, 3.8) is 0 Å². The summed E-state index contributed by atoms with van der Waals surface area (Å²) in [7, 11) is 1.61. The first kappa shape index (κ1) is 9.86. The molecule has 1 aromatic rings. The number of benzene rings is 1. The Hall–Kier alpha value is -1.68. The molecule has 1 aliphatic heterocycles. The fourth-order valence-electron chi connectivity index (χ4n) is 1.50. The molecule has 15 heavy (non-hydrogen) atoms. The Bertz CT molecular complexity index is 388. The summed E-state index contributed by atoms with van der Waals surface area (Å²) in [6.45, 7) is 0.743. The summed E-state index contributed by atoms with van der Waals surface area (Å²) in [5.41, 5.74) is 6.33. The van der Waals surface area contributed by atoms with Crippen molar-refractivity contribution in [3.8, 4) is 17.2 Å². The first-order valence-corrected chi connectivity index (χ1v) is 4.70. The minimum absolute atomic E-state index is 0.246. The van der Waals surface area contributed by atoms with E-state index in [9.17, 15) is 0 Å². The molecule has 0 aromatic heterocycles. The summed E-state index contributed by atoms with van der Waals surface area (Å²) in [4.78, 5) is 0. The fraction of sp³-hybridized carbons (Fsp3) is 0.273. The molecule has 1 heterocycles. The molecule has 80 valence electrons. The first-order valence-electron chi connectivity index (χ1n) is 4.70. The van der Waals surface area contributed by atoms with Crippen molar-refractivity contribution < 1.29 is 14.2 Å². The minimum atomic E-state index is 0.246. The van der Waals surface area contributed by atoms with Gasteiger partial charge in [-0.3, -0.25) is 0 Å². The second kappa shape index (κ2) is 4.23.